The Morgan fingerprint density at radius 2 is 1.04 bits per heavy atom. The lowest BCUT2D eigenvalue weighted by atomic mass is 9.94. The second kappa shape index (κ2) is 15.0. The number of benzene rings is 6. The van der Waals surface area contributed by atoms with E-state index in [1.54, 1.807) is 6.20 Å². The molecule has 0 aliphatic rings. The molecule has 5 heteroatoms. The number of rotatable bonds is 9. The van der Waals surface area contributed by atoms with Gasteiger partial charge in [-0.25, -0.2) is 9.97 Å². The minimum absolute atomic E-state index is 0.363. The predicted octanol–water partition coefficient (Wildman–Crippen LogP) is 11.0. The van der Waals surface area contributed by atoms with E-state index in [2.05, 4.69) is 96.0 Å². The summed E-state index contributed by atoms with van der Waals surface area (Å²) in [6.07, 6.45) is 3.70. The summed E-state index contributed by atoms with van der Waals surface area (Å²) in [6.45, 7) is 0. The van der Waals surface area contributed by atoms with Crippen molar-refractivity contribution in [2.24, 2.45) is 10.7 Å². The summed E-state index contributed by atoms with van der Waals surface area (Å²) < 4.78 is 0. The van der Waals surface area contributed by atoms with Crippen LogP contribution in [0.4, 0.5) is 5.69 Å². The Morgan fingerprint density at radius 1 is 0.462 bits per heavy atom. The molecular formula is C47H35N5. The number of nitrogens with zero attached hydrogens (tertiary/aromatic N) is 4. The van der Waals surface area contributed by atoms with E-state index in [-0.39, 0.29) is 6.04 Å². The predicted molar refractivity (Wildman–Crippen MR) is 213 cm³/mol. The van der Waals surface area contributed by atoms with Gasteiger partial charge in [-0.15, -0.1) is 0 Å². The van der Waals surface area contributed by atoms with Gasteiger partial charge in [0.15, 0.2) is 5.82 Å². The number of nitrogens with two attached hydrogens (primary N) is 1. The number of aromatic nitrogens is 3. The van der Waals surface area contributed by atoms with Crippen molar-refractivity contribution in [3.05, 3.63) is 205 Å². The maximum atomic E-state index is 6.96. The third kappa shape index (κ3) is 7.22. The normalized spacial score (nSPS) is 11.8. The summed E-state index contributed by atoms with van der Waals surface area (Å²) >= 11 is 0. The first-order valence-corrected chi connectivity index (χ1v) is 17.3. The topological polar surface area (TPSA) is 77.0 Å². The van der Waals surface area contributed by atoms with E-state index in [9.17, 15) is 0 Å². The Balaban J connectivity index is 1.26. The van der Waals surface area contributed by atoms with E-state index >= 15 is 0 Å². The molecule has 6 aromatic carbocycles. The molecule has 2 N–H and O–H groups in total. The van der Waals surface area contributed by atoms with E-state index < -0.39 is 0 Å². The first-order chi connectivity index (χ1) is 25.7. The van der Waals surface area contributed by atoms with Crippen molar-refractivity contribution in [2.45, 2.75) is 6.04 Å². The van der Waals surface area contributed by atoms with Crippen LogP contribution in [0.25, 0.3) is 56.3 Å². The minimum Gasteiger partial charge on any atom is -0.320 e. The maximum absolute atomic E-state index is 6.96. The summed E-state index contributed by atoms with van der Waals surface area (Å²) in [5.41, 5.74) is 19.2. The van der Waals surface area contributed by atoms with Gasteiger partial charge in [-0.05, 0) is 76.3 Å². The van der Waals surface area contributed by atoms with Gasteiger partial charge in [0.2, 0.25) is 0 Å². The molecule has 1 atom stereocenters. The lowest BCUT2D eigenvalue weighted by molar-refractivity contribution is 0.872. The molecule has 52 heavy (non-hydrogen) atoms. The van der Waals surface area contributed by atoms with Crippen LogP contribution in [0.1, 0.15) is 22.7 Å². The van der Waals surface area contributed by atoms with Crippen molar-refractivity contribution in [1.29, 1.82) is 0 Å². The molecule has 0 bridgehead atoms. The van der Waals surface area contributed by atoms with Gasteiger partial charge in [0.25, 0.3) is 0 Å². The van der Waals surface area contributed by atoms with Crippen molar-refractivity contribution in [1.82, 2.24) is 15.0 Å². The van der Waals surface area contributed by atoms with Crippen molar-refractivity contribution < 1.29 is 0 Å². The Morgan fingerprint density at radius 3 is 1.65 bits per heavy atom. The molecular weight excluding hydrogens is 635 g/mol. The van der Waals surface area contributed by atoms with Crippen LogP contribution in [-0.4, -0.2) is 21.2 Å². The van der Waals surface area contributed by atoms with E-state index in [0.29, 0.717) is 5.82 Å². The summed E-state index contributed by atoms with van der Waals surface area (Å²) in [6, 6.07) is 61.1. The van der Waals surface area contributed by atoms with Crippen LogP contribution in [0, 0.1) is 0 Å². The molecule has 5 nitrogen and oxygen atoms in total. The quantitative estimate of drug-likeness (QED) is 0.155. The number of aliphatic imine (C=N–C) groups is 1. The largest absolute Gasteiger partial charge is 0.320 e. The van der Waals surface area contributed by atoms with Crippen molar-refractivity contribution in [3.8, 4) is 56.3 Å². The van der Waals surface area contributed by atoms with Crippen molar-refractivity contribution in [2.75, 3.05) is 0 Å². The lowest BCUT2D eigenvalue weighted by Crippen LogP contribution is -2.12. The third-order valence-electron chi connectivity index (χ3n) is 9.02. The molecule has 0 spiro atoms. The second-order valence-electron chi connectivity index (χ2n) is 12.5. The molecule has 8 aromatic rings. The highest BCUT2D eigenvalue weighted by molar-refractivity contribution is 5.88. The summed E-state index contributed by atoms with van der Waals surface area (Å²) in [5, 5.41) is 0. The van der Waals surface area contributed by atoms with E-state index in [1.807, 2.05) is 97.2 Å². The van der Waals surface area contributed by atoms with Gasteiger partial charge in [0.1, 0.15) is 0 Å². The molecule has 0 fully saturated rings. The fraction of sp³-hybridized carbons (Fsp3) is 0.0213. The van der Waals surface area contributed by atoms with Crippen LogP contribution in [0.15, 0.2) is 193 Å². The monoisotopic (exact) mass is 669 g/mol. The highest BCUT2D eigenvalue weighted by Gasteiger charge is 2.16. The standard InChI is InChI=1S/C47H35N5/c48-46(37-21-11-4-12-22-37)41-30-38(34-15-5-1-6-16-34)24-25-43(41)50-32-33-27-39(42-23-13-14-26-49-42)29-40(28-33)47-51-44(35-17-7-2-8-18-35)31-45(52-47)36-19-9-3-10-20-36/h1-32,46H,48H2/b50-32+. The third-order valence-corrected chi connectivity index (χ3v) is 9.02. The maximum Gasteiger partial charge on any atom is 0.160 e. The van der Waals surface area contributed by atoms with Gasteiger partial charge in [-0.2, -0.15) is 0 Å². The van der Waals surface area contributed by atoms with Crippen LogP contribution in [0.5, 0.6) is 0 Å². The number of pyridine rings is 1. The molecule has 8 rings (SSSR count). The van der Waals surface area contributed by atoms with Gasteiger partial charge in [-0.3, -0.25) is 9.98 Å². The smallest absolute Gasteiger partial charge is 0.160 e. The van der Waals surface area contributed by atoms with Gasteiger partial charge in [-0.1, -0.05) is 133 Å². The number of hydrogen-bond acceptors (Lipinski definition) is 5. The molecule has 0 saturated carbocycles. The Bertz CT molecular complexity index is 2390. The van der Waals surface area contributed by atoms with Crippen LogP contribution in [-0.2, 0) is 0 Å². The number of hydrogen-bond donors (Lipinski definition) is 1. The summed E-state index contributed by atoms with van der Waals surface area (Å²) in [5.74, 6) is 0.617. The molecule has 0 aliphatic carbocycles. The zero-order valence-electron chi connectivity index (χ0n) is 28.4. The molecule has 0 radical (unpaired) electrons. The van der Waals surface area contributed by atoms with E-state index in [1.165, 1.54) is 0 Å². The Kier molecular flexibility index (Phi) is 9.32. The molecule has 248 valence electrons. The fourth-order valence-electron chi connectivity index (χ4n) is 6.34. The molecule has 1 unspecified atom stereocenters. The molecule has 0 aliphatic heterocycles. The zero-order chi connectivity index (χ0) is 35.1. The van der Waals surface area contributed by atoms with Gasteiger partial charge >= 0.3 is 0 Å². The van der Waals surface area contributed by atoms with Gasteiger partial charge in [0.05, 0.1) is 28.8 Å². The Hall–Kier alpha value is -6.82. The van der Waals surface area contributed by atoms with Crippen LogP contribution in [0.2, 0.25) is 0 Å². The summed E-state index contributed by atoms with van der Waals surface area (Å²) in [7, 11) is 0. The van der Waals surface area contributed by atoms with Crippen LogP contribution < -0.4 is 5.73 Å². The summed E-state index contributed by atoms with van der Waals surface area (Å²) in [4.78, 5) is 20.0. The van der Waals surface area contributed by atoms with Gasteiger partial charge in [0, 0.05) is 34.7 Å². The van der Waals surface area contributed by atoms with Crippen LogP contribution in [0.3, 0.4) is 0 Å². The van der Waals surface area contributed by atoms with Crippen molar-refractivity contribution in [3.63, 3.8) is 0 Å². The van der Waals surface area contributed by atoms with Crippen molar-refractivity contribution >= 4 is 11.9 Å². The van der Waals surface area contributed by atoms with E-state index in [0.717, 1.165) is 72.8 Å². The molecule has 0 amide bonds. The molecule has 2 heterocycles. The van der Waals surface area contributed by atoms with Gasteiger partial charge < -0.3 is 5.73 Å². The van der Waals surface area contributed by atoms with E-state index in [4.69, 9.17) is 20.7 Å². The minimum atomic E-state index is -0.363. The lowest BCUT2D eigenvalue weighted by Gasteiger charge is -2.17. The first-order valence-electron chi connectivity index (χ1n) is 17.3. The Labute approximate surface area is 303 Å². The average molecular weight is 670 g/mol. The first kappa shape index (κ1) is 32.4. The highest BCUT2D eigenvalue weighted by atomic mass is 14.9. The second-order valence-corrected chi connectivity index (χ2v) is 12.5. The highest BCUT2D eigenvalue weighted by Crippen LogP contribution is 2.34. The van der Waals surface area contributed by atoms with Crippen LogP contribution >= 0.6 is 0 Å². The SMILES string of the molecule is NC(c1ccccc1)c1cc(-c2ccccc2)ccc1/N=C/c1cc(-c2ccccn2)cc(-c2nc(-c3ccccc3)cc(-c3ccccc3)n2)c1. The molecule has 0 saturated heterocycles. The zero-order valence-corrected chi connectivity index (χ0v) is 28.4. The molecule has 2 aromatic heterocycles. The fourth-order valence-corrected chi connectivity index (χ4v) is 6.34. The average Bonchev–Trinajstić information content (AvgIpc) is 3.24.